The molecule has 0 heterocycles. The molecule has 0 aliphatic rings. The molecule has 0 unspecified atom stereocenters. The first kappa shape index (κ1) is 16.0. The molecular weight excluding hydrogens is 307 g/mol. The summed E-state index contributed by atoms with van der Waals surface area (Å²) in [6.07, 6.45) is -0.318. The summed E-state index contributed by atoms with van der Waals surface area (Å²) in [6.45, 7) is 0.252. The molecule has 0 fully saturated rings. The molecule has 2 N–H and O–H groups in total. The highest BCUT2D eigenvalue weighted by molar-refractivity contribution is 6.31. The van der Waals surface area contributed by atoms with Crippen LogP contribution in [0.4, 0.5) is 10.1 Å². The van der Waals surface area contributed by atoms with Gasteiger partial charge in [0, 0.05) is 17.3 Å². The van der Waals surface area contributed by atoms with Crippen LogP contribution in [0.5, 0.6) is 0 Å². The van der Waals surface area contributed by atoms with E-state index in [1.165, 1.54) is 24.3 Å². The molecule has 0 saturated carbocycles. The molecule has 0 radical (unpaired) electrons. The minimum atomic E-state index is -0.469. The number of amides is 2. The Morgan fingerprint density at radius 2 is 1.68 bits per heavy atom. The predicted octanol–water partition coefficient (Wildman–Crippen LogP) is 3.12. The number of hydrogen-bond acceptors (Lipinski definition) is 2. The average molecular weight is 321 g/mol. The van der Waals surface area contributed by atoms with Crippen molar-refractivity contribution in [2.24, 2.45) is 0 Å². The van der Waals surface area contributed by atoms with Crippen molar-refractivity contribution in [2.45, 2.75) is 13.0 Å². The van der Waals surface area contributed by atoms with Crippen LogP contribution >= 0.6 is 11.6 Å². The Bertz CT molecular complexity index is 674. The van der Waals surface area contributed by atoms with Gasteiger partial charge in [-0.1, -0.05) is 29.8 Å². The zero-order valence-corrected chi connectivity index (χ0v) is 12.4. The van der Waals surface area contributed by atoms with Crippen molar-refractivity contribution in [3.05, 3.63) is 64.9 Å². The zero-order chi connectivity index (χ0) is 15.9. The van der Waals surface area contributed by atoms with E-state index in [9.17, 15) is 14.0 Å². The highest BCUT2D eigenvalue weighted by Crippen LogP contribution is 2.14. The fourth-order valence-electron chi connectivity index (χ4n) is 1.78. The lowest BCUT2D eigenvalue weighted by molar-refractivity contribution is -0.126. The first-order valence-corrected chi connectivity index (χ1v) is 6.98. The van der Waals surface area contributed by atoms with Gasteiger partial charge in [-0.3, -0.25) is 9.59 Å². The van der Waals surface area contributed by atoms with Crippen molar-refractivity contribution in [2.75, 3.05) is 5.32 Å². The number of carbonyl (C=O) groups is 2. The first-order valence-electron chi connectivity index (χ1n) is 6.60. The Labute approximate surface area is 132 Å². The Hall–Kier alpha value is -2.40. The van der Waals surface area contributed by atoms with E-state index in [0.717, 1.165) is 5.56 Å². The fourth-order valence-corrected chi connectivity index (χ4v) is 1.98. The normalized spacial score (nSPS) is 10.1. The number of anilines is 1. The van der Waals surface area contributed by atoms with Crippen LogP contribution in [-0.4, -0.2) is 11.8 Å². The lowest BCUT2D eigenvalue weighted by atomic mass is 10.2. The van der Waals surface area contributed by atoms with Crippen LogP contribution in [-0.2, 0) is 16.1 Å². The van der Waals surface area contributed by atoms with E-state index in [4.69, 9.17) is 11.6 Å². The van der Waals surface area contributed by atoms with E-state index < -0.39 is 17.6 Å². The fraction of sp³-hybridized carbons (Fsp3) is 0.125. The SMILES string of the molecule is O=C(CC(=O)Nc1ccc(F)cc1)NCc1ccccc1Cl. The predicted molar refractivity (Wildman–Crippen MR) is 82.9 cm³/mol. The van der Waals surface area contributed by atoms with E-state index in [1.807, 2.05) is 6.07 Å². The van der Waals surface area contributed by atoms with Crippen LogP contribution in [0.25, 0.3) is 0 Å². The summed E-state index contributed by atoms with van der Waals surface area (Å²) in [4.78, 5) is 23.4. The van der Waals surface area contributed by atoms with Crippen LogP contribution in [0, 0.1) is 5.82 Å². The van der Waals surface area contributed by atoms with Gasteiger partial charge in [0.05, 0.1) is 0 Å². The maximum absolute atomic E-state index is 12.7. The second-order valence-corrected chi connectivity index (χ2v) is 5.01. The Morgan fingerprint density at radius 1 is 1.00 bits per heavy atom. The van der Waals surface area contributed by atoms with Gasteiger partial charge in [0.25, 0.3) is 0 Å². The molecule has 2 aromatic carbocycles. The van der Waals surface area contributed by atoms with E-state index in [-0.39, 0.29) is 13.0 Å². The Balaban J connectivity index is 1.80. The smallest absolute Gasteiger partial charge is 0.233 e. The third-order valence-corrected chi connectivity index (χ3v) is 3.25. The molecular formula is C16H14ClFN2O2. The highest BCUT2D eigenvalue weighted by Gasteiger charge is 2.10. The van der Waals surface area contributed by atoms with E-state index >= 15 is 0 Å². The number of hydrogen-bond donors (Lipinski definition) is 2. The second-order valence-electron chi connectivity index (χ2n) is 4.60. The van der Waals surface area contributed by atoms with Crippen molar-refractivity contribution in [3.63, 3.8) is 0 Å². The third-order valence-electron chi connectivity index (χ3n) is 2.88. The molecule has 4 nitrogen and oxygen atoms in total. The molecule has 0 aliphatic carbocycles. The maximum Gasteiger partial charge on any atom is 0.233 e. The van der Waals surface area contributed by atoms with E-state index in [1.54, 1.807) is 18.2 Å². The molecule has 0 aromatic heterocycles. The Morgan fingerprint density at radius 3 is 2.36 bits per heavy atom. The number of rotatable bonds is 5. The standard InChI is InChI=1S/C16H14ClFN2O2/c17-14-4-2-1-3-11(14)10-19-15(21)9-16(22)20-13-7-5-12(18)6-8-13/h1-8H,9-10H2,(H,19,21)(H,20,22). The van der Waals surface area contributed by atoms with Crippen molar-refractivity contribution < 1.29 is 14.0 Å². The van der Waals surface area contributed by atoms with Crippen molar-refractivity contribution in [1.29, 1.82) is 0 Å². The zero-order valence-electron chi connectivity index (χ0n) is 11.6. The van der Waals surface area contributed by atoms with E-state index in [2.05, 4.69) is 10.6 Å². The molecule has 22 heavy (non-hydrogen) atoms. The van der Waals surface area contributed by atoms with Crippen LogP contribution in [0.3, 0.4) is 0 Å². The quantitative estimate of drug-likeness (QED) is 0.832. The average Bonchev–Trinajstić information content (AvgIpc) is 2.49. The number of carbonyl (C=O) groups excluding carboxylic acids is 2. The van der Waals surface area contributed by atoms with Crippen LogP contribution < -0.4 is 10.6 Å². The van der Waals surface area contributed by atoms with Crippen molar-refractivity contribution in [3.8, 4) is 0 Å². The van der Waals surface area contributed by atoms with Gasteiger partial charge in [0.1, 0.15) is 12.2 Å². The summed E-state index contributed by atoms with van der Waals surface area (Å²) in [5, 5.41) is 5.69. The molecule has 6 heteroatoms. The van der Waals surface area contributed by atoms with Gasteiger partial charge in [-0.2, -0.15) is 0 Å². The lowest BCUT2D eigenvalue weighted by Crippen LogP contribution is -2.27. The summed E-state index contributed by atoms with van der Waals surface area (Å²) < 4.78 is 12.7. The van der Waals surface area contributed by atoms with Crippen LogP contribution in [0.1, 0.15) is 12.0 Å². The van der Waals surface area contributed by atoms with Gasteiger partial charge in [-0.25, -0.2) is 4.39 Å². The van der Waals surface area contributed by atoms with Crippen molar-refractivity contribution in [1.82, 2.24) is 5.32 Å². The van der Waals surface area contributed by atoms with Crippen molar-refractivity contribution >= 4 is 29.1 Å². The number of nitrogens with one attached hydrogen (secondary N) is 2. The van der Waals surface area contributed by atoms with Gasteiger partial charge in [-0.15, -0.1) is 0 Å². The Kier molecular flexibility index (Phi) is 5.49. The minimum Gasteiger partial charge on any atom is -0.352 e. The summed E-state index contributed by atoms with van der Waals surface area (Å²) in [6, 6.07) is 12.4. The molecule has 0 saturated heterocycles. The topological polar surface area (TPSA) is 58.2 Å². The monoisotopic (exact) mass is 320 g/mol. The minimum absolute atomic E-state index is 0.252. The highest BCUT2D eigenvalue weighted by atomic mass is 35.5. The summed E-state index contributed by atoms with van der Waals surface area (Å²) in [5.41, 5.74) is 1.21. The molecule has 2 rings (SSSR count). The molecule has 114 valence electrons. The van der Waals surface area contributed by atoms with Crippen LogP contribution in [0.15, 0.2) is 48.5 Å². The number of benzene rings is 2. The maximum atomic E-state index is 12.7. The molecule has 0 bridgehead atoms. The van der Waals surface area contributed by atoms with Gasteiger partial charge < -0.3 is 10.6 Å². The number of halogens is 2. The van der Waals surface area contributed by atoms with Gasteiger partial charge in [0.2, 0.25) is 11.8 Å². The summed E-state index contributed by atoms with van der Waals surface area (Å²) >= 11 is 5.97. The molecule has 0 aliphatic heterocycles. The van der Waals surface area contributed by atoms with Gasteiger partial charge in [-0.05, 0) is 35.9 Å². The lowest BCUT2D eigenvalue weighted by Gasteiger charge is -2.07. The van der Waals surface area contributed by atoms with E-state index in [0.29, 0.717) is 10.7 Å². The largest absolute Gasteiger partial charge is 0.352 e. The molecule has 0 atom stereocenters. The summed E-state index contributed by atoms with van der Waals surface area (Å²) in [5.74, 6) is -1.28. The first-order chi connectivity index (χ1) is 10.5. The van der Waals surface area contributed by atoms with Gasteiger partial charge >= 0.3 is 0 Å². The molecule has 0 spiro atoms. The summed E-state index contributed by atoms with van der Waals surface area (Å²) in [7, 11) is 0. The molecule has 2 aromatic rings. The van der Waals surface area contributed by atoms with Gasteiger partial charge in [0.15, 0.2) is 0 Å². The molecule has 2 amide bonds. The second kappa shape index (κ2) is 7.56. The van der Waals surface area contributed by atoms with Crippen LogP contribution in [0.2, 0.25) is 5.02 Å². The third kappa shape index (κ3) is 4.86.